The lowest BCUT2D eigenvalue weighted by Crippen LogP contribution is -2.32. The van der Waals surface area contributed by atoms with E-state index in [1.165, 1.54) is 6.42 Å². The van der Waals surface area contributed by atoms with Gasteiger partial charge < -0.3 is 10.6 Å². The van der Waals surface area contributed by atoms with Crippen LogP contribution >= 0.6 is 23.2 Å². The van der Waals surface area contributed by atoms with E-state index in [9.17, 15) is 4.79 Å². The Morgan fingerprint density at radius 2 is 2.00 bits per heavy atom. The summed E-state index contributed by atoms with van der Waals surface area (Å²) in [5, 5.41) is 7.27. The minimum Gasteiger partial charge on any atom is -0.323 e. The molecule has 3 atom stereocenters. The van der Waals surface area contributed by atoms with E-state index in [0.717, 1.165) is 12.8 Å². The summed E-state index contributed by atoms with van der Waals surface area (Å²) in [5.74, 6) is 0.0563. The third-order valence-corrected chi connectivity index (χ3v) is 4.48. The van der Waals surface area contributed by atoms with E-state index in [1.54, 1.807) is 18.2 Å². The molecule has 2 aliphatic heterocycles. The Morgan fingerprint density at radius 3 is 2.56 bits per heavy atom. The fourth-order valence-corrected chi connectivity index (χ4v) is 3.44. The first-order valence-electron chi connectivity index (χ1n) is 6.16. The number of amides is 1. The number of halogens is 2. The number of anilines is 1. The van der Waals surface area contributed by atoms with Crippen molar-refractivity contribution in [3.05, 3.63) is 28.2 Å². The summed E-state index contributed by atoms with van der Waals surface area (Å²) in [6.07, 6.45) is 3.18. The van der Waals surface area contributed by atoms with Gasteiger partial charge in [0.1, 0.15) is 0 Å². The zero-order valence-corrected chi connectivity index (χ0v) is 11.3. The summed E-state index contributed by atoms with van der Waals surface area (Å²) in [5.41, 5.74) is 0.522. The molecule has 0 spiro atoms. The van der Waals surface area contributed by atoms with Crippen molar-refractivity contribution in [2.24, 2.45) is 5.92 Å². The first kappa shape index (κ1) is 12.3. The molecule has 2 heterocycles. The van der Waals surface area contributed by atoms with Gasteiger partial charge in [-0.05, 0) is 31.4 Å². The molecule has 1 amide bonds. The highest BCUT2D eigenvalue weighted by molar-refractivity contribution is 6.39. The van der Waals surface area contributed by atoms with Crippen LogP contribution in [-0.2, 0) is 4.79 Å². The van der Waals surface area contributed by atoms with Crippen molar-refractivity contribution in [3.63, 3.8) is 0 Å². The molecule has 2 aliphatic rings. The quantitative estimate of drug-likeness (QED) is 0.876. The van der Waals surface area contributed by atoms with Crippen LogP contribution < -0.4 is 10.6 Å². The van der Waals surface area contributed by atoms with Gasteiger partial charge in [0.15, 0.2) is 0 Å². The predicted octanol–water partition coefficient (Wildman–Crippen LogP) is 3.07. The largest absolute Gasteiger partial charge is 0.323 e. The number of hydrogen-bond donors (Lipinski definition) is 2. The van der Waals surface area contributed by atoms with Gasteiger partial charge in [0.05, 0.1) is 21.7 Å². The number of fused-ring (bicyclic) bond motifs is 2. The van der Waals surface area contributed by atoms with Gasteiger partial charge in [-0.15, -0.1) is 0 Å². The highest BCUT2D eigenvalue weighted by atomic mass is 35.5. The van der Waals surface area contributed by atoms with Crippen LogP contribution in [0.3, 0.4) is 0 Å². The van der Waals surface area contributed by atoms with Crippen molar-refractivity contribution in [1.82, 2.24) is 5.32 Å². The molecule has 0 radical (unpaired) electrons. The van der Waals surface area contributed by atoms with Crippen molar-refractivity contribution in [2.75, 3.05) is 5.32 Å². The van der Waals surface area contributed by atoms with Crippen LogP contribution in [0, 0.1) is 5.92 Å². The maximum Gasteiger partial charge on any atom is 0.229 e. The second kappa shape index (κ2) is 4.72. The Hall–Kier alpha value is -0.770. The number of hydrogen-bond acceptors (Lipinski definition) is 2. The van der Waals surface area contributed by atoms with Gasteiger partial charge in [-0.3, -0.25) is 4.79 Å². The van der Waals surface area contributed by atoms with Crippen LogP contribution in [0.25, 0.3) is 0 Å². The van der Waals surface area contributed by atoms with Crippen LogP contribution in [0.4, 0.5) is 5.69 Å². The molecule has 0 aromatic heterocycles. The number of carbonyl (C=O) groups excluding carboxylic acids is 1. The lowest BCUT2D eigenvalue weighted by Gasteiger charge is -2.20. The molecular weight excluding hydrogens is 271 g/mol. The highest BCUT2D eigenvalue weighted by Gasteiger charge is 2.42. The fraction of sp³-hybridized carbons (Fsp3) is 0.462. The van der Waals surface area contributed by atoms with E-state index in [-0.39, 0.29) is 11.8 Å². The monoisotopic (exact) mass is 284 g/mol. The molecule has 5 heteroatoms. The fourth-order valence-electron chi connectivity index (χ4n) is 2.95. The Labute approximate surface area is 116 Å². The van der Waals surface area contributed by atoms with Crippen molar-refractivity contribution < 1.29 is 4.79 Å². The van der Waals surface area contributed by atoms with Crippen molar-refractivity contribution in [3.8, 4) is 0 Å². The second-order valence-electron chi connectivity index (χ2n) is 4.98. The number of rotatable bonds is 2. The van der Waals surface area contributed by atoms with Crippen molar-refractivity contribution in [2.45, 2.75) is 31.3 Å². The smallest absolute Gasteiger partial charge is 0.229 e. The molecule has 0 aliphatic carbocycles. The SMILES string of the molecule is O=C(Nc1c(Cl)cccc1Cl)C1CC2CCC1N2. The molecule has 18 heavy (non-hydrogen) atoms. The summed E-state index contributed by atoms with van der Waals surface area (Å²) in [6.45, 7) is 0. The average molecular weight is 285 g/mol. The zero-order chi connectivity index (χ0) is 12.7. The van der Waals surface area contributed by atoms with E-state index in [2.05, 4.69) is 10.6 Å². The Balaban J connectivity index is 1.75. The maximum absolute atomic E-state index is 12.2. The normalized spacial score (nSPS) is 29.6. The van der Waals surface area contributed by atoms with Crippen molar-refractivity contribution >= 4 is 34.8 Å². The van der Waals surface area contributed by atoms with Gasteiger partial charge in [-0.25, -0.2) is 0 Å². The zero-order valence-electron chi connectivity index (χ0n) is 9.75. The molecule has 96 valence electrons. The van der Waals surface area contributed by atoms with Gasteiger partial charge in [0.25, 0.3) is 0 Å². The first-order valence-corrected chi connectivity index (χ1v) is 6.91. The standard InChI is InChI=1S/C13H14Cl2N2O/c14-9-2-1-3-10(15)12(9)17-13(18)8-6-7-4-5-11(8)16-7/h1-3,7-8,11,16H,4-6H2,(H,17,18). The molecule has 3 unspecified atom stereocenters. The van der Waals surface area contributed by atoms with E-state index in [0.29, 0.717) is 27.8 Å². The summed E-state index contributed by atoms with van der Waals surface area (Å²) >= 11 is 12.1. The molecule has 0 saturated carbocycles. The summed E-state index contributed by atoms with van der Waals surface area (Å²) in [4.78, 5) is 12.2. The molecule has 1 aromatic rings. The Bertz CT molecular complexity index is 472. The Kier molecular flexibility index (Phi) is 3.22. The predicted molar refractivity (Wildman–Crippen MR) is 73.1 cm³/mol. The van der Waals surface area contributed by atoms with Crippen LogP contribution in [0.1, 0.15) is 19.3 Å². The molecule has 2 fully saturated rings. The lowest BCUT2D eigenvalue weighted by molar-refractivity contribution is -0.120. The van der Waals surface area contributed by atoms with Gasteiger partial charge in [0.2, 0.25) is 5.91 Å². The summed E-state index contributed by atoms with van der Waals surface area (Å²) < 4.78 is 0. The number of carbonyl (C=O) groups is 1. The van der Waals surface area contributed by atoms with Crippen LogP contribution in [0.2, 0.25) is 10.0 Å². The first-order chi connectivity index (χ1) is 8.65. The van der Waals surface area contributed by atoms with Gasteiger partial charge >= 0.3 is 0 Å². The minimum atomic E-state index is 0.0182. The van der Waals surface area contributed by atoms with Crippen molar-refractivity contribution in [1.29, 1.82) is 0 Å². The summed E-state index contributed by atoms with van der Waals surface area (Å²) in [7, 11) is 0. The molecule has 1 aromatic carbocycles. The highest BCUT2D eigenvalue weighted by Crippen LogP contribution is 2.35. The molecule has 2 bridgehead atoms. The average Bonchev–Trinajstić information content (AvgIpc) is 2.96. The van der Waals surface area contributed by atoms with Gasteiger partial charge in [-0.2, -0.15) is 0 Å². The number of nitrogens with one attached hydrogen (secondary N) is 2. The van der Waals surface area contributed by atoms with Crippen LogP contribution in [0.5, 0.6) is 0 Å². The molecule has 2 saturated heterocycles. The van der Waals surface area contributed by atoms with Crippen LogP contribution in [0.15, 0.2) is 18.2 Å². The number of benzene rings is 1. The van der Waals surface area contributed by atoms with Crippen LogP contribution in [-0.4, -0.2) is 18.0 Å². The molecule has 3 rings (SSSR count). The minimum absolute atomic E-state index is 0.0182. The molecule has 2 N–H and O–H groups in total. The Morgan fingerprint density at radius 1 is 1.28 bits per heavy atom. The second-order valence-corrected chi connectivity index (χ2v) is 5.79. The summed E-state index contributed by atoms with van der Waals surface area (Å²) in [6, 6.07) is 6.03. The lowest BCUT2D eigenvalue weighted by atomic mass is 9.88. The van der Waals surface area contributed by atoms with E-state index >= 15 is 0 Å². The van der Waals surface area contributed by atoms with Gasteiger partial charge in [-0.1, -0.05) is 29.3 Å². The topological polar surface area (TPSA) is 41.1 Å². The third-order valence-electron chi connectivity index (χ3n) is 3.85. The van der Waals surface area contributed by atoms with E-state index < -0.39 is 0 Å². The number of para-hydroxylation sites is 1. The molecule has 3 nitrogen and oxygen atoms in total. The van der Waals surface area contributed by atoms with E-state index in [1.807, 2.05) is 0 Å². The molecular formula is C13H14Cl2N2O. The third kappa shape index (κ3) is 2.11. The van der Waals surface area contributed by atoms with E-state index in [4.69, 9.17) is 23.2 Å². The van der Waals surface area contributed by atoms with Gasteiger partial charge in [0, 0.05) is 12.1 Å². The maximum atomic E-state index is 12.2.